The number of carboxylic acids is 1. The molecule has 4 heteroatoms. The summed E-state index contributed by atoms with van der Waals surface area (Å²) < 4.78 is 4.95. The number of hydrogen-bond acceptors (Lipinski definition) is 3. The van der Waals surface area contributed by atoms with Crippen molar-refractivity contribution in [3.8, 4) is 0 Å². The number of ether oxygens (including phenoxy) is 1. The average molecular weight is 380 g/mol. The van der Waals surface area contributed by atoms with Crippen molar-refractivity contribution < 1.29 is 19.4 Å². The molecule has 0 heterocycles. The van der Waals surface area contributed by atoms with Crippen LogP contribution in [0.15, 0.2) is 72.3 Å². The van der Waals surface area contributed by atoms with E-state index in [1.54, 1.807) is 12.2 Å². The first-order chi connectivity index (χ1) is 13.3. The highest BCUT2D eigenvalue weighted by atomic mass is 16.5. The van der Waals surface area contributed by atoms with Crippen LogP contribution in [0.2, 0.25) is 0 Å². The van der Waals surface area contributed by atoms with Crippen LogP contribution in [0.5, 0.6) is 0 Å². The molecule has 0 aliphatic carbocycles. The molecule has 148 valence electrons. The third-order valence-electron chi connectivity index (χ3n) is 3.55. The lowest BCUT2D eigenvalue weighted by molar-refractivity contribution is -0.141. The van der Waals surface area contributed by atoms with E-state index in [-0.39, 0.29) is 18.0 Å². The van der Waals surface area contributed by atoms with Gasteiger partial charge in [0.25, 0.3) is 0 Å². The molecule has 1 N–H and O–H groups in total. The van der Waals surface area contributed by atoms with Gasteiger partial charge in [0.05, 0.1) is 6.10 Å². The van der Waals surface area contributed by atoms with Crippen molar-refractivity contribution in [1.29, 1.82) is 0 Å². The van der Waals surface area contributed by atoms with Gasteiger partial charge in [-0.25, -0.2) is 9.59 Å². The van der Waals surface area contributed by atoms with E-state index in [0.29, 0.717) is 5.57 Å². The summed E-state index contributed by atoms with van der Waals surface area (Å²) in [7, 11) is 0. The van der Waals surface area contributed by atoms with E-state index < -0.39 is 5.97 Å². The molecule has 0 fully saturated rings. The third-order valence-corrected chi connectivity index (χ3v) is 3.55. The summed E-state index contributed by atoms with van der Waals surface area (Å²) >= 11 is 0. The number of carbonyl (C=O) groups excluding carboxylic acids is 1. The van der Waals surface area contributed by atoms with Crippen molar-refractivity contribution in [3.05, 3.63) is 83.4 Å². The number of aliphatic carboxylic acids is 1. The molecule has 0 aromatic heterocycles. The van der Waals surface area contributed by atoms with Crippen molar-refractivity contribution in [3.63, 3.8) is 0 Å². The molecule has 2 rings (SSSR count). The molecule has 0 amide bonds. The van der Waals surface area contributed by atoms with Gasteiger partial charge in [-0.1, -0.05) is 74.5 Å². The molecule has 0 aliphatic rings. The fraction of sp³-hybridized carbons (Fsp3) is 0.250. The van der Waals surface area contributed by atoms with Crippen molar-refractivity contribution >= 4 is 24.1 Å². The molecule has 0 unspecified atom stereocenters. The third kappa shape index (κ3) is 9.53. The first kappa shape index (κ1) is 22.9. The summed E-state index contributed by atoms with van der Waals surface area (Å²) in [6, 6.07) is 19.1. The van der Waals surface area contributed by atoms with Gasteiger partial charge in [0.2, 0.25) is 0 Å². The highest BCUT2D eigenvalue weighted by molar-refractivity contribution is 5.92. The summed E-state index contributed by atoms with van der Waals surface area (Å²) in [5.74, 6) is -1.11. The van der Waals surface area contributed by atoms with Crippen LogP contribution in [0, 0.1) is 5.92 Å². The highest BCUT2D eigenvalue weighted by Crippen LogP contribution is 2.14. The minimum atomic E-state index is -0.844. The molecule has 0 atom stereocenters. The Morgan fingerprint density at radius 3 is 1.79 bits per heavy atom. The molecule has 0 bridgehead atoms. The van der Waals surface area contributed by atoms with Crippen LogP contribution in [-0.2, 0) is 14.3 Å². The number of hydrogen-bond donors (Lipinski definition) is 1. The second kappa shape index (κ2) is 12.3. The monoisotopic (exact) mass is 380 g/mol. The zero-order valence-corrected chi connectivity index (χ0v) is 16.8. The summed E-state index contributed by atoms with van der Waals surface area (Å²) in [6.45, 7) is 7.41. The molecular weight excluding hydrogens is 352 g/mol. The van der Waals surface area contributed by atoms with Crippen LogP contribution in [0.3, 0.4) is 0 Å². The molecule has 2 aromatic carbocycles. The molecule has 4 nitrogen and oxygen atoms in total. The predicted octanol–water partition coefficient (Wildman–Crippen LogP) is 5.46. The van der Waals surface area contributed by atoms with Crippen LogP contribution in [0.1, 0.15) is 38.8 Å². The van der Waals surface area contributed by atoms with Gasteiger partial charge in [-0.05, 0) is 43.0 Å². The van der Waals surface area contributed by atoms with E-state index in [1.807, 2.05) is 88.4 Å². The number of benzene rings is 2. The Morgan fingerprint density at radius 2 is 1.36 bits per heavy atom. The second-order valence-electron chi connectivity index (χ2n) is 6.70. The molecule has 0 saturated heterocycles. The molecule has 0 aliphatic heterocycles. The first-order valence-corrected chi connectivity index (χ1v) is 9.23. The van der Waals surface area contributed by atoms with Gasteiger partial charge >= 0.3 is 11.9 Å². The zero-order valence-electron chi connectivity index (χ0n) is 16.8. The maximum absolute atomic E-state index is 11.1. The predicted molar refractivity (Wildman–Crippen MR) is 114 cm³/mol. The van der Waals surface area contributed by atoms with Gasteiger partial charge < -0.3 is 9.84 Å². The fourth-order valence-corrected chi connectivity index (χ4v) is 2.20. The van der Waals surface area contributed by atoms with Gasteiger partial charge in [0.1, 0.15) is 0 Å². The van der Waals surface area contributed by atoms with Gasteiger partial charge in [-0.2, -0.15) is 0 Å². The van der Waals surface area contributed by atoms with Crippen LogP contribution in [-0.4, -0.2) is 23.1 Å². The number of carboxylic acid groups (broad SMARTS) is 1. The van der Waals surface area contributed by atoms with Crippen LogP contribution in [0.4, 0.5) is 0 Å². The standard InChI is InChI=1S/2C12H14O2/c1-10(2)14-12(13)9-8-11-6-4-3-5-7-11;1-9(2)11(12(13)14)8-10-6-4-3-5-7-10/h3-10H,1-2H3;3-9H,1-2H3,(H,13,14). The lowest BCUT2D eigenvalue weighted by atomic mass is 10.0. The molecule has 0 spiro atoms. The Morgan fingerprint density at radius 1 is 0.857 bits per heavy atom. The Bertz CT molecular complexity index is 786. The Balaban J connectivity index is 0.000000280. The van der Waals surface area contributed by atoms with Crippen molar-refractivity contribution in [2.24, 2.45) is 5.92 Å². The number of carbonyl (C=O) groups is 2. The maximum Gasteiger partial charge on any atom is 0.331 e. The Kier molecular flexibility index (Phi) is 10.0. The maximum atomic E-state index is 11.1. The van der Waals surface area contributed by atoms with Crippen molar-refractivity contribution in [1.82, 2.24) is 0 Å². The molecule has 0 saturated carbocycles. The molecular formula is C24H28O4. The minimum absolute atomic E-state index is 0.0349. The summed E-state index contributed by atoms with van der Waals surface area (Å²) in [4.78, 5) is 22.0. The van der Waals surface area contributed by atoms with E-state index in [9.17, 15) is 9.59 Å². The fourth-order valence-electron chi connectivity index (χ4n) is 2.20. The molecule has 0 radical (unpaired) electrons. The second-order valence-corrected chi connectivity index (χ2v) is 6.70. The average Bonchev–Trinajstić information content (AvgIpc) is 2.65. The SMILES string of the molecule is CC(C)C(=Cc1ccccc1)C(=O)O.CC(C)OC(=O)C=Cc1ccccc1. The zero-order chi connectivity index (χ0) is 20.9. The lowest BCUT2D eigenvalue weighted by Crippen LogP contribution is -2.08. The Labute approximate surface area is 167 Å². The normalized spacial score (nSPS) is 11.3. The summed E-state index contributed by atoms with van der Waals surface area (Å²) in [6.07, 6.45) is 4.83. The lowest BCUT2D eigenvalue weighted by Gasteiger charge is -2.05. The van der Waals surface area contributed by atoms with Gasteiger partial charge in [0.15, 0.2) is 0 Å². The van der Waals surface area contributed by atoms with Crippen molar-refractivity contribution in [2.45, 2.75) is 33.8 Å². The van der Waals surface area contributed by atoms with Crippen LogP contribution < -0.4 is 0 Å². The van der Waals surface area contributed by atoms with E-state index in [4.69, 9.17) is 9.84 Å². The number of rotatable bonds is 6. The summed E-state index contributed by atoms with van der Waals surface area (Å²) in [5.41, 5.74) is 2.36. The molecule has 28 heavy (non-hydrogen) atoms. The van der Waals surface area contributed by atoms with E-state index in [0.717, 1.165) is 11.1 Å². The molecule has 2 aromatic rings. The van der Waals surface area contributed by atoms with Crippen molar-refractivity contribution in [2.75, 3.05) is 0 Å². The summed E-state index contributed by atoms with van der Waals surface area (Å²) in [5, 5.41) is 8.94. The van der Waals surface area contributed by atoms with Gasteiger partial charge in [-0.15, -0.1) is 0 Å². The highest BCUT2D eigenvalue weighted by Gasteiger charge is 2.11. The number of esters is 1. The quantitative estimate of drug-likeness (QED) is 0.534. The topological polar surface area (TPSA) is 63.6 Å². The van der Waals surface area contributed by atoms with Gasteiger partial charge in [-0.3, -0.25) is 0 Å². The van der Waals surface area contributed by atoms with Gasteiger partial charge in [0, 0.05) is 11.6 Å². The first-order valence-electron chi connectivity index (χ1n) is 9.23. The Hall–Kier alpha value is -3.14. The smallest absolute Gasteiger partial charge is 0.331 e. The van der Waals surface area contributed by atoms with Crippen LogP contribution in [0.25, 0.3) is 12.2 Å². The minimum Gasteiger partial charge on any atom is -0.478 e. The van der Waals surface area contributed by atoms with E-state index >= 15 is 0 Å². The van der Waals surface area contributed by atoms with Crippen LogP contribution >= 0.6 is 0 Å². The van der Waals surface area contributed by atoms with E-state index in [1.165, 1.54) is 6.08 Å². The van der Waals surface area contributed by atoms with E-state index in [2.05, 4.69) is 0 Å². The largest absolute Gasteiger partial charge is 0.478 e.